The maximum absolute atomic E-state index is 13.4. The fourth-order valence-electron chi connectivity index (χ4n) is 3.30. The highest BCUT2D eigenvalue weighted by Crippen LogP contribution is 2.24. The van der Waals surface area contributed by atoms with Crippen LogP contribution in [0.4, 0.5) is 0 Å². The topological polar surface area (TPSA) is 62.4 Å². The molecule has 150 valence electrons. The van der Waals surface area contributed by atoms with Gasteiger partial charge in [-0.3, -0.25) is 4.79 Å². The van der Waals surface area contributed by atoms with E-state index in [0.29, 0.717) is 18.8 Å². The zero-order chi connectivity index (χ0) is 20.8. The van der Waals surface area contributed by atoms with Gasteiger partial charge in [0.15, 0.2) is 0 Å². The molecule has 0 fully saturated rings. The number of H-pyrrole nitrogens is 1. The van der Waals surface area contributed by atoms with Crippen LogP contribution in [0.15, 0.2) is 66.7 Å². The molecule has 1 N–H and O–H groups in total. The van der Waals surface area contributed by atoms with Crippen molar-refractivity contribution in [2.24, 2.45) is 0 Å². The molecule has 0 radical (unpaired) electrons. The van der Waals surface area contributed by atoms with Crippen LogP contribution in [-0.4, -0.2) is 34.9 Å². The Hall–Kier alpha value is -3.34. The number of rotatable bonds is 7. The highest BCUT2D eigenvalue weighted by atomic mass is 16.5. The zero-order valence-corrected chi connectivity index (χ0v) is 17.0. The number of benzene rings is 2. The van der Waals surface area contributed by atoms with Gasteiger partial charge in [0.05, 0.1) is 12.6 Å². The highest BCUT2D eigenvalue weighted by molar-refractivity contribution is 5.98. The molecule has 5 nitrogen and oxygen atoms in total. The van der Waals surface area contributed by atoms with E-state index in [2.05, 4.69) is 4.98 Å². The van der Waals surface area contributed by atoms with E-state index in [-0.39, 0.29) is 11.9 Å². The predicted octanol–water partition coefficient (Wildman–Crippen LogP) is 4.80. The first-order valence-corrected chi connectivity index (χ1v) is 9.78. The van der Waals surface area contributed by atoms with Crippen LogP contribution in [0.1, 0.15) is 41.5 Å². The molecule has 0 saturated carbocycles. The van der Waals surface area contributed by atoms with Crippen molar-refractivity contribution in [2.45, 2.75) is 26.8 Å². The molecule has 0 spiro atoms. The molecule has 0 unspecified atom stereocenters. The van der Waals surface area contributed by atoms with Crippen LogP contribution < -0.4 is 0 Å². The number of ether oxygens (including phenoxy) is 1. The third-order valence-electron chi connectivity index (χ3n) is 4.86. The molecule has 3 aromatic rings. The number of fused-ring (bicyclic) bond motifs is 1. The Morgan fingerprint density at radius 3 is 2.62 bits per heavy atom. The Kier molecular flexibility index (Phi) is 6.50. The standard InChI is InChI=1S/C24H26N2O3/c1-4-29-23(27)11-8-14-26(18(3)19-9-6-5-7-10-19)24(28)22-16-20-15-17(2)12-13-21(20)25-22/h5-13,15-16,18,25H,4,14H2,1-3H3/b11-8+/t18-/m0/s1. The minimum Gasteiger partial charge on any atom is -0.463 e. The van der Waals surface area contributed by atoms with Crippen molar-refractivity contribution in [3.05, 3.63) is 83.6 Å². The molecular formula is C24H26N2O3. The number of esters is 1. The van der Waals surface area contributed by atoms with Gasteiger partial charge in [-0.15, -0.1) is 0 Å². The van der Waals surface area contributed by atoms with Gasteiger partial charge in [-0.05, 0) is 44.5 Å². The summed E-state index contributed by atoms with van der Waals surface area (Å²) in [5.74, 6) is -0.530. The molecule has 1 heterocycles. The second kappa shape index (κ2) is 9.24. The van der Waals surface area contributed by atoms with E-state index in [1.165, 1.54) is 6.08 Å². The van der Waals surface area contributed by atoms with Gasteiger partial charge in [0.25, 0.3) is 5.91 Å². The quantitative estimate of drug-likeness (QED) is 0.466. The average molecular weight is 390 g/mol. The van der Waals surface area contributed by atoms with E-state index >= 15 is 0 Å². The lowest BCUT2D eigenvalue weighted by Crippen LogP contribution is -2.34. The van der Waals surface area contributed by atoms with Crippen molar-refractivity contribution in [2.75, 3.05) is 13.2 Å². The summed E-state index contributed by atoms with van der Waals surface area (Å²) in [5.41, 5.74) is 3.62. The summed E-state index contributed by atoms with van der Waals surface area (Å²) in [4.78, 5) is 30.0. The normalized spacial score (nSPS) is 12.2. The lowest BCUT2D eigenvalue weighted by Gasteiger charge is -2.28. The molecule has 1 aromatic heterocycles. The molecular weight excluding hydrogens is 364 g/mol. The molecule has 3 rings (SSSR count). The second-order valence-corrected chi connectivity index (χ2v) is 6.97. The minimum absolute atomic E-state index is 0.122. The number of carbonyl (C=O) groups excluding carboxylic acids is 2. The molecule has 0 aliphatic heterocycles. The van der Waals surface area contributed by atoms with Crippen LogP contribution in [0.25, 0.3) is 10.9 Å². The van der Waals surface area contributed by atoms with Gasteiger partial charge < -0.3 is 14.6 Å². The number of nitrogens with one attached hydrogen (secondary N) is 1. The summed E-state index contributed by atoms with van der Waals surface area (Å²) in [6.07, 6.45) is 3.04. The van der Waals surface area contributed by atoms with E-state index in [9.17, 15) is 9.59 Å². The average Bonchev–Trinajstić information content (AvgIpc) is 3.14. The fourth-order valence-corrected chi connectivity index (χ4v) is 3.30. The van der Waals surface area contributed by atoms with Crippen molar-refractivity contribution in [1.29, 1.82) is 0 Å². The molecule has 5 heteroatoms. The van der Waals surface area contributed by atoms with Crippen molar-refractivity contribution < 1.29 is 14.3 Å². The van der Waals surface area contributed by atoms with Crippen molar-refractivity contribution in [3.8, 4) is 0 Å². The van der Waals surface area contributed by atoms with Crippen LogP contribution in [0.5, 0.6) is 0 Å². The van der Waals surface area contributed by atoms with E-state index in [1.807, 2.05) is 68.4 Å². The van der Waals surface area contributed by atoms with Crippen LogP contribution >= 0.6 is 0 Å². The Labute approximate surface area is 171 Å². The molecule has 2 aromatic carbocycles. The van der Waals surface area contributed by atoms with E-state index in [1.54, 1.807) is 17.9 Å². The number of aryl methyl sites for hydroxylation is 1. The summed E-state index contributed by atoms with van der Waals surface area (Å²) >= 11 is 0. The lowest BCUT2D eigenvalue weighted by atomic mass is 10.1. The smallest absolute Gasteiger partial charge is 0.330 e. The number of aromatic nitrogens is 1. The summed E-state index contributed by atoms with van der Waals surface area (Å²) in [6, 6.07) is 17.6. The number of nitrogens with zero attached hydrogens (tertiary/aromatic N) is 1. The monoisotopic (exact) mass is 390 g/mol. The van der Waals surface area contributed by atoms with E-state index in [0.717, 1.165) is 22.0 Å². The van der Waals surface area contributed by atoms with Gasteiger partial charge in [-0.1, -0.05) is 48.0 Å². The molecule has 1 amide bonds. The van der Waals surface area contributed by atoms with Gasteiger partial charge in [0, 0.05) is 23.5 Å². The largest absolute Gasteiger partial charge is 0.463 e. The van der Waals surface area contributed by atoms with Crippen LogP contribution in [-0.2, 0) is 9.53 Å². The van der Waals surface area contributed by atoms with Gasteiger partial charge in [0.1, 0.15) is 5.69 Å². The first-order chi connectivity index (χ1) is 14.0. The van der Waals surface area contributed by atoms with Gasteiger partial charge in [0.2, 0.25) is 0 Å². The van der Waals surface area contributed by atoms with Gasteiger partial charge in [-0.25, -0.2) is 4.79 Å². The first-order valence-electron chi connectivity index (χ1n) is 9.78. The number of hydrogen-bond donors (Lipinski definition) is 1. The van der Waals surface area contributed by atoms with Crippen LogP contribution in [0.3, 0.4) is 0 Å². The highest BCUT2D eigenvalue weighted by Gasteiger charge is 2.23. The van der Waals surface area contributed by atoms with Crippen LogP contribution in [0, 0.1) is 6.92 Å². The number of aromatic amines is 1. The zero-order valence-electron chi connectivity index (χ0n) is 17.0. The third-order valence-corrected chi connectivity index (χ3v) is 4.86. The SMILES string of the molecule is CCOC(=O)/C=C/CN(C(=O)c1cc2cc(C)ccc2[nH]1)[C@@H](C)c1ccccc1. The van der Waals surface area contributed by atoms with Gasteiger partial charge in [-0.2, -0.15) is 0 Å². The van der Waals surface area contributed by atoms with E-state index in [4.69, 9.17) is 4.74 Å². The lowest BCUT2D eigenvalue weighted by molar-refractivity contribution is -0.137. The first kappa shape index (κ1) is 20.4. The molecule has 0 saturated heterocycles. The van der Waals surface area contributed by atoms with Crippen molar-refractivity contribution >= 4 is 22.8 Å². The Morgan fingerprint density at radius 1 is 1.14 bits per heavy atom. The maximum Gasteiger partial charge on any atom is 0.330 e. The van der Waals surface area contributed by atoms with Crippen molar-refractivity contribution in [3.63, 3.8) is 0 Å². The Morgan fingerprint density at radius 2 is 1.90 bits per heavy atom. The number of carbonyl (C=O) groups is 2. The maximum atomic E-state index is 13.4. The summed E-state index contributed by atoms with van der Waals surface area (Å²) in [7, 11) is 0. The number of hydrogen-bond acceptors (Lipinski definition) is 3. The molecule has 0 aliphatic rings. The van der Waals surface area contributed by atoms with Crippen LogP contribution in [0.2, 0.25) is 0 Å². The van der Waals surface area contributed by atoms with Gasteiger partial charge >= 0.3 is 5.97 Å². The Bertz CT molecular complexity index is 1020. The molecule has 0 bridgehead atoms. The summed E-state index contributed by atoms with van der Waals surface area (Å²) in [5, 5.41) is 1.00. The predicted molar refractivity (Wildman–Crippen MR) is 115 cm³/mol. The molecule has 0 aliphatic carbocycles. The molecule has 29 heavy (non-hydrogen) atoms. The summed E-state index contributed by atoms with van der Waals surface area (Å²) in [6.45, 7) is 6.38. The fraction of sp³-hybridized carbons (Fsp3) is 0.250. The minimum atomic E-state index is -0.409. The Balaban J connectivity index is 1.89. The molecule has 1 atom stereocenters. The summed E-state index contributed by atoms with van der Waals surface area (Å²) < 4.78 is 4.93. The van der Waals surface area contributed by atoms with E-state index < -0.39 is 5.97 Å². The van der Waals surface area contributed by atoms with Crippen molar-refractivity contribution in [1.82, 2.24) is 9.88 Å². The number of amides is 1. The third kappa shape index (κ3) is 4.93. The second-order valence-electron chi connectivity index (χ2n) is 6.97.